The number of fused-ring (bicyclic) bond motifs is 2. The molecule has 3 aromatic rings. The van der Waals surface area contributed by atoms with Crippen LogP contribution in [0.2, 0.25) is 5.02 Å². The van der Waals surface area contributed by atoms with Gasteiger partial charge in [-0.05, 0) is 36.8 Å². The minimum Gasteiger partial charge on any atom is -0.479 e. The summed E-state index contributed by atoms with van der Waals surface area (Å²) >= 11 is 6.42. The van der Waals surface area contributed by atoms with Gasteiger partial charge in [0.05, 0.1) is 0 Å². The Hall–Kier alpha value is -2.57. The quantitative estimate of drug-likeness (QED) is 0.698. The van der Waals surface area contributed by atoms with Crippen molar-refractivity contribution in [1.29, 1.82) is 0 Å². The lowest BCUT2D eigenvalue weighted by Gasteiger charge is -2.35. The second-order valence-electron chi connectivity index (χ2n) is 7.44. The third-order valence-corrected chi connectivity index (χ3v) is 5.82. The van der Waals surface area contributed by atoms with Crippen LogP contribution in [0.25, 0.3) is 22.2 Å². The molecule has 0 radical (unpaired) electrons. The van der Waals surface area contributed by atoms with E-state index in [4.69, 9.17) is 16.3 Å². The molecule has 5 rings (SSSR count). The highest BCUT2D eigenvalue weighted by Gasteiger charge is 2.36. The van der Waals surface area contributed by atoms with Gasteiger partial charge in [0.25, 0.3) is 5.91 Å². The first kappa shape index (κ1) is 17.5. The normalized spacial score (nSPS) is 21.6. The first-order valence-corrected chi connectivity index (χ1v) is 9.92. The number of hydrogen-bond donors (Lipinski definition) is 2. The molecular weight excluding hydrogens is 376 g/mol. The highest BCUT2D eigenvalue weighted by molar-refractivity contribution is 6.31. The summed E-state index contributed by atoms with van der Waals surface area (Å²) in [6.07, 6.45) is 3.67. The monoisotopic (exact) mass is 396 g/mol. The van der Waals surface area contributed by atoms with Gasteiger partial charge in [0, 0.05) is 66.0 Å². The Morgan fingerprint density at radius 1 is 1.32 bits per heavy atom. The van der Waals surface area contributed by atoms with Crippen molar-refractivity contribution in [3.05, 3.63) is 47.2 Å². The number of aromatic amines is 1. The maximum Gasteiger partial charge on any atom is 0.264 e. The number of aromatic nitrogens is 2. The number of benzene rings is 1. The van der Waals surface area contributed by atoms with E-state index in [9.17, 15) is 4.79 Å². The molecule has 1 fully saturated rings. The number of halogens is 1. The molecule has 2 atom stereocenters. The molecule has 1 aromatic carbocycles. The molecule has 2 aromatic heterocycles. The average Bonchev–Trinajstić information content (AvgIpc) is 3.33. The van der Waals surface area contributed by atoms with Crippen LogP contribution in [-0.4, -0.2) is 52.6 Å². The van der Waals surface area contributed by atoms with Crippen molar-refractivity contribution in [3.8, 4) is 16.9 Å². The maximum absolute atomic E-state index is 13.1. The lowest BCUT2D eigenvalue weighted by atomic mass is 9.99. The summed E-state index contributed by atoms with van der Waals surface area (Å²) in [5.74, 6) is 0.799. The summed E-state index contributed by atoms with van der Waals surface area (Å²) in [5.41, 5.74) is 3.68. The highest BCUT2D eigenvalue weighted by Crippen LogP contribution is 2.43. The van der Waals surface area contributed by atoms with Crippen LogP contribution in [-0.2, 0) is 11.2 Å². The van der Waals surface area contributed by atoms with Crippen LogP contribution in [0.4, 0.5) is 0 Å². The van der Waals surface area contributed by atoms with Crippen LogP contribution < -0.4 is 10.1 Å². The van der Waals surface area contributed by atoms with Gasteiger partial charge in [-0.3, -0.25) is 4.79 Å². The third-order valence-electron chi connectivity index (χ3n) is 5.61. The standard InChI is InChI=1S/C21H21ClN4O2/c1-12-11-23-6-7-26(12)21(27)18-9-13-8-14(22)10-17(19(13)28-18)15-2-4-24-20-16(15)3-5-25-20/h2-5,8,10,12,18,23H,6-7,9,11H2,1H3,(H,24,25)/t12-,18-/m0/s1. The van der Waals surface area contributed by atoms with Gasteiger partial charge in [-0.1, -0.05) is 11.6 Å². The molecule has 6 nitrogen and oxygen atoms in total. The average molecular weight is 397 g/mol. The van der Waals surface area contributed by atoms with Gasteiger partial charge in [0.15, 0.2) is 6.10 Å². The lowest BCUT2D eigenvalue weighted by molar-refractivity contribution is -0.140. The van der Waals surface area contributed by atoms with Crippen LogP contribution >= 0.6 is 11.6 Å². The number of amides is 1. The van der Waals surface area contributed by atoms with E-state index in [1.807, 2.05) is 35.4 Å². The largest absolute Gasteiger partial charge is 0.479 e. The van der Waals surface area contributed by atoms with Crippen LogP contribution in [0, 0.1) is 0 Å². The molecule has 1 amide bonds. The van der Waals surface area contributed by atoms with Crippen molar-refractivity contribution in [2.45, 2.75) is 25.5 Å². The molecule has 0 saturated carbocycles. The molecular formula is C21H21ClN4O2. The van der Waals surface area contributed by atoms with Crippen molar-refractivity contribution in [3.63, 3.8) is 0 Å². The predicted octanol–water partition coefficient (Wildman–Crippen LogP) is 3.01. The van der Waals surface area contributed by atoms with E-state index in [2.05, 4.69) is 22.2 Å². The van der Waals surface area contributed by atoms with E-state index in [0.29, 0.717) is 18.0 Å². The fourth-order valence-corrected chi connectivity index (χ4v) is 4.45. The van der Waals surface area contributed by atoms with Gasteiger partial charge < -0.3 is 19.9 Å². The molecule has 0 spiro atoms. The second kappa shape index (κ2) is 6.79. The number of H-pyrrole nitrogens is 1. The Bertz CT molecular complexity index is 1060. The third kappa shape index (κ3) is 2.84. The van der Waals surface area contributed by atoms with E-state index >= 15 is 0 Å². The molecule has 7 heteroatoms. The first-order chi connectivity index (χ1) is 13.6. The topological polar surface area (TPSA) is 70.2 Å². The van der Waals surface area contributed by atoms with Crippen molar-refractivity contribution >= 4 is 28.5 Å². The van der Waals surface area contributed by atoms with Crippen LogP contribution in [0.15, 0.2) is 36.7 Å². The number of pyridine rings is 1. The molecule has 4 heterocycles. The number of carbonyl (C=O) groups excluding carboxylic acids is 1. The number of rotatable bonds is 2. The van der Waals surface area contributed by atoms with Crippen molar-refractivity contribution < 1.29 is 9.53 Å². The summed E-state index contributed by atoms with van der Waals surface area (Å²) in [6.45, 7) is 4.40. The summed E-state index contributed by atoms with van der Waals surface area (Å²) in [4.78, 5) is 22.5. The molecule has 2 N–H and O–H groups in total. The predicted molar refractivity (Wildman–Crippen MR) is 109 cm³/mol. The van der Waals surface area contributed by atoms with E-state index < -0.39 is 6.10 Å². The number of hydrogen-bond acceptors (Lipinski definition) is 4. The summed E-state index contributed by atoms with van der Waals surface area (Å²) < 4.78 is 6.24. The highest BCUT2D eigenvalue weighted by atomic mass is 35.5. The SMILES string of the molecule is C[C@H]1CNCCN1C(=O)[C@@H]1Cc2cc(Cl)cc(-c3ccnc4[nH]ccc34)c2O1. The lowest BCUT2D eigenvalue weighted by Crippen LogP contribution is -2.55. The number of carbonyl (C=O) groups is 1. The Morgan fingerprint density at radius 3 is 3.07 bits per heavy atom. The molecule has 2 aliphatic rings. The van der Waals surface area contributed by atoms with Gasteiger partial charge in [-0.2, -0.15) is 0 Å². The number of ether oxygens (including phenoxy) is 1. The smallest absolute Gasteiger partial charge is 0.264 e. The van der Waals surface area contributed by atoms with Gasteiger partial charge in [0.2, 0.25) is 0 Å². The van der Waals surface area contributed by atoms with Crippen molar-refractivity contribution in [2.24, 2.45) is 0 Å². The number of nitrogens with one attached hydrogen (secondary N) is 2. The van der Waals surface area contributed by atoms with Crippen LogP contribution in [0.5, 0.6) is 5.75 Å². The summed E-state index contributed by atoms with van der Waals surface area (Å²) in [7, 11) is 0. The second-order valence-corrected chi connectivity index (χ2v) is 7.87. The molecule has 0 bridgehead atoms. The summed E-state index contributed by atoms with van der Waals surface area (Å²) in [6, 6.07) is 7.92. The van der Waals surface area contributed by atoms with Gasteiger partial charge in [-0.15, -0.1) is 0 Å². The maximum atomic E-state index is 13.1. The van der Waals surface area contributed by atoms with Gasteiger partial charge in [-0.25, -0.2) is 4.98 Å². The van der Waals surface area contributed by atoms with Gasteiger partial charge >= 0.3 is 0 Å². The Balaban J connectivity index is 1.52. The van der Waals surface area contributed by atoms with Crippen LogP contribution in [0.1, 0.15) is 12.5 Å². The zero-order valence-corrected chi connectivity index (χ0v) is 16.3. The first-order valence-electron chi connectivity index (χ1n) is 9.54. The van der Waals surface area contributed by atoms with Gasteiger partial charge in [0.1, 0.15) is 11.4 Å². The molecule has 0 aliphatic carbocycles. The Morgan fingerprint density at radius 2 is 2.21 bits per heavy atom. The van der Waals surface area contributed by atoms with Crippen molar-refractivity contribution in [2.75, 3.05) is 19.6 Å². The Labute approximate surface area is 167 Å². The fourth-order valence-electron chi connectivity index (χ4n) is 4.21. The van der Waals surface area contributed by atoms with E-state index in [0.717, 1.165) is 46.6 Å². The molecule has 2 aliphatic heterocycles. The number of nitrogens with zero attached hydrogens (tertiary/aromatic N) is 2. The van der Waals surface area contributed by atoms with E-state index in [1.165, 1.54) is 0 Å². The zero-order chi connectivity index (χ0) is 19.3. The Kier molecular flexibility index (Phi) is 4.25. The zero-order valence-electron chi connectivity index (χ0n) is 15.5. The van der Waals surface area contributed by atoms with Crippen LogP contribution in [0.3, 0.4) is 0 Å². The van der Waals surface area contributed by atoms with Crippen molar-refractivity contribution in [1.82, 2.24) is 20.2 Å². The fraction of sp³-hybridized carbons (Fsp3) is 0.333. The number of piperazine rings is 1. The summed E-state index contributed by atoms with van der Waals surface area (Å²) in [5, 5.41) is 4.96. The van der Waals surface area contributed by atoms with E-state index in [-0.39, 0.29) is 11.9 Å². The molecule has 144 valence electrons. The van der Waals surface area contributed by atoms with E-state index in [1.54, 1.807) is 6.20 Å². The molecule has 28 heavy (non-hydrogen) atoms. The molecule has 1 saturated heterocycles. The minimum absolute atomic E-state index is 0.0498. The molecule has 0 unspecified atom stereocenters. The minimum atomic E-state index is -0.503.